The van der Waals surface area contributed by atoms with Crippen LogP contribution < -0.4 is 16.0 Å². The number of aliphatic hydroxyl groups excluding tert-OH is 1. The molecular formula is C17H22N6O4S. The fourth-order valence-electron chi connectivity index (χ4n) is 2.28. The summed E-state index contributed by atoms with van der Waals surface area (Å²) in [5.41, 5.74) is 0.485. The Morgan fingerprint density at radius 3 is 2.61 bits per heavy atom. The standard InChI is InChI=1S/C17H22N6O4S/c1-10(9-24)19-14-7-15(28(2,26)27)23-16(21-14)11-3-6-13(18-8-11)22-17(25)20-12-4-5-12/h3,6-8,10,12,24H,4-5,9H2,1-2H3,(H,19,21,23)(H2,18,20,22,25)/t10-/m0/s1. The van der Waals surface area contributed by atoms with Crippen molar-refractivity contribution in [2.45, 2.75) is 36.9 Å². The Balaban J connectivity index is 1.84. The molecule has 11 heteroatoms. The zero-order chi connectivity index (χ0) is 20.3. The summed E-state index contributed by atoms with van der Waals surface area (Å²) >= 11 is 0. The van der Waals surface area contributed by atoms with Crippen molar-refractivity contribution in [2.24, 2.45) is 0 Å². The van der Waals surface area contributed by atoms with Gasteiger partial charge >= 0.3 is 6.03 Å². The van der Waals surface area contributed by atoms with Crippen molar-refractivity contribution in [3.05, 3.63) is 24.4 Å². The van der Waals surface area contributed by atoms with E-state index in [1.165, 1.54) is 12.3 Å². The number of aliphatic hydroxyl groups is 1. The highest BCUT2D eigenvalue weighted by Gasteiger charge is 2.23. The molecule has 0 spiro atoms. The van der Waals surface area contributed by atoms with E-state index in [4.69, 9.17) is 0 Å². The highest BCUT2D eigenvalue weighted by Crippen LogP contribution is 2.22. The number of hydrogen-bond donors (Lipinski definition) is 4. The molecule has 1 atom stereocenters. The first kappa shape index (κ1) is 20.0. The van der Waals surface area contributed by atoms with Gasteiger partial charge in [-0.15, -0.1) is 0 Å². The van der Waals surface area contributed by atoms with E-state index in [2.05, 4.69) is 30.9 Å². The number of carbonyl (C=O) groups is 1. The van der Waals surface area contributed by atoms with Crippen molar-refractivity contribution in [1.29, 1.82) is 0 Å². The number of urea groups is 1. The molecule has 0 radical (unpaired) electrons. The van der Waals surface area contributed by atoms with E-state index in [-0.39, 0.29) is 41.4 Å². The highest BCUT2D eigenvalue weighted by molar-refractivity contribution is 7.90. The van der Waals surface area contributed by atoms with Crippen LogP contribution >= 0.6 is 0 Å². The van der Waals surface area contributed by atoms with Gasteiger partial charge in [-0.3, -0.25) is 5.32 Å². The topological polar surface area (TPSA) is 146 Å². The molecular weight excluding hydrogens is 384 g/mol. The van der Waals surface area contributed by atoms with E-state index in [9.17, 15) is 18.3 Å². The molecule has 0 aromatic carbocycles. The molecule has 0 aliphatic heterocycles. The molecule has 0 unspecified atom stereocenters. The molecule has 4 N–H and O–H groups in total. The van der Waals surface area contributed by atoms with Crippen LogP contribution in [-0.2, 0) is 9.84 Å². The van der Waals surface area contributed by atoms with E-state index in [0.717, 1.165) is 19.1 Å². The van der Waals surface area contributed by atoms with Crippen LogP contribution in [0.1, 0.15) is 19.8 Å². The van der Waals surface area contributed by atoms with Crippen LogP contribution in [0.5, 0.6) is 0 Å². The lowest BCUT2D eigenvalue weighted by Gasteiger charge is -2.13. The van der Waals surface area contributed by atoms with Gasteiger partial charge in [-0.05, 0) is 31.9 Å². The second-order valence-electron chi connectivity index (χ2n) is 6.72. The largest absolute Gasteiger partial charge is 0.394 e. The van der Waals surface area contributed by atoms with Crippen LogP contribution in [0.4, 0.5) is 16.4 Å². The maximum absolute atomic E-state index is 12.0. The Hall–Kier alpha value is -2.79. The molecule has 3 rings (SSSR count). The second kappa shape index (κ2) is 8.07. The first-order valence-corrected chi connectivity index (χ1v) is 10.6. The summed E-state index contributed by atoms with van der Waals surface area (Å²) in [6.45, 7) is 1.59. The predicted molar refractivity (Wildman–Crippen MR) is 104 cm³/mol. The van der Waals surface area contributed by atoms with E-state index >= 15 is 0 Å². The van der Waals surface area contributed by atoms with E-state index in [1.54, 1.807) is 19.1 Å². The van der Waals surface area contributed by atoms with Crippen molar-refractivity contribution >= 4 is 27.5 Å². The van der Waals surface area contributed by atoms with Crippen LogP contribution in [-0.4, -0.2) is 59.5 Å². The van der Waals surface area contributed by atoms with E-state index < -0.39 is 9.84 Å². The Morgan fingerprint density at radius 2 is 2.04 bits per heavy atom. The van der Waals surface area contributed by atoms with Gasteiger partial charge in [-0.25, -0.2) is 28.2 Å². The number of hydrogen-bond acceptors (Lipinski definition) is 8. The Morgan fingerprint density at radius 1 is 1.29 bits per heavy atom. The average molecular weight is 406 g/mol. The van der Waals surface area contributed by atoms with Gasteiger partial charge in [-0.2, -0.15) is 0 Å². The molecule has 28 heavy (non-hydrogen) atoms. The minimum atomic E-state index is -3.57. The summed E-state index contributed by atoms with van der Waals surface area (Å²) in [4.78, 5) is 24.3. The van der Waals surface area contributed by atoms with Gasteiger partial charge in [0.15, 0.2) is 20.7 Å². The minimum absolute atomic E-state index is 0.140. The number of carbonyl (C=O) groups excluding carboxylic acids is 1. The van der Waals surface area contributed by atoms with Gasteiger partial charge in [0.1, 0.15) is 11.6 Å². The number of anilines is 2. The third-order valence-electron chi connectivity index (χ3n) is 3.93. The van der Waals surface area contributed by atoms with Crippen LogP contribution in [0.3, 0.4) is 0 Å². The maximum atomic E-state index is 12.0. The smallest absolute Gasteiger partial charge is 0.320 e. The number of amides is 2. The van der Waals surface area contributed by atoms with Crippen molar-refractivity contribution in [3.63, 3.8) is 0 Å². The third kappa shape index (κ3) is 5.36. The zero-order valence-electron chi connectivity index (χ0n) is 15.5. The quantitative estimate of drug-likeness (QED) is 0.499. The summed E-state index contributed by atoms with van der Waals surface area (Å²) in [6, 6.07) is 4.14. The number of aromatic nitrogens is 3. The van der Waals surface area contributed by atoms with E-state index in [1.807, 2.05) is 0 Å². The van der Waals surface area contributed by atoms with Crippen molar-refractivity contribution in [3.8, 4) is 11.4 Å². The molecule has 2 aromatic heterocycles. The van der Waals surface area contributed by atoms with Gasteiger partial charge in [0.05, 0.1) is 6.61 Å². The monoisotopic (exact) mass is 406 g/mol. The van der Waals surface area contributed by atoms with Crippen molar-refractivity contribution < 1.29 is 18.3 Å². The first-order chi connectivity index (χ1) is 13.2. The maximum Gasteiger partial charge on any atom is 0.320 e. The minimum Gasteiger partial charge on any atom is -0.394 e. The number of sulfone groups is 1. The lowest BCUT2D eigenvalue weighted by molar-refractivity contribution is 0.251. The molecule has 2 heterocycles. The van der Waals surface area contributed by atoms with Gasteiger partial charge < -0.3 is 15.7 Å². The second-order valence-corrected chi connectivity index (χ2v) is 8.68. The average Bonchev–Trinajstić information content (AvgIpc) is 3.45. The lowest BCUT2D eigenvalue weighted by atomic mass is 10.2. The predicted octanol–water partition coefficient (Wildman–Crippen LogP) is 1.02. The fraction of sp³-hybridized carbons (Fsp3) is 0.412. The third-order valence-corrected chi connectivity index (χ3v) is 4.90. The normalized spacial score (nSPS) is 15.0. The SMILES string of the molecule is C[C@@H](CO)Nc1cc(S(C)(=O)=O)nc(-c2ccc(NC(=O)NC3CC3)nc2)n1. The number of nitrogens with one attached hydrogen (secondary N) is 3. The van der Waals surface area contributed by atoms with Crippen LogP contribution in [0.15, 0.2) is 29.4 Å². The number of rotatable bonds is 7. The Bertz CT molecular complexity index is 960. The Labute approximate surface area is 162 Å². The summed E-state index contributed by atoms with van der Waals surface area (Å²) < 4.78 is 23.9. The summed E-state index contributed by atoms with van der Waals surface area (Å²) in [5, 5.41) is 17.4. The number of nitrogens with zero attached hydrogens (tertiary/aromatic N) is 3. The van der Waals surface area contributed by atoms with Gasteiger partial charge in [0.2, 0.25) is 0 Å². The van der Waals surface area contributed by atoms with Gasteiger partial charge in [0.25, 0.3) is 0 Å². The van der Waals surface area contributed by atoms with Crippen LogP contribution in [0.2, 0.25) is 0 Å². The molecule has 1 fully saturated rings. The first-order valence-electron chi connectivity index (χ1n) is 8.75. The van der Waals surface area contributed by atoms with E-state index in [0.29, 0.717) is 11.4 Å². The fourth-order valence-corrected chi connectivity index (χ4v) is 2.86. The number of pyridine rings is 1. The summed E-state index contributed by atoms with van der Waals surface area (Å²) in [6.07, 6.45) is 4.48. The molecule has 10 nitrogen and oxygen atoms in total. The Kier molecular flexibility index (Phi) is 5.75. The molecule has 1 saturated carbocycles. The summed E-state index contributed by atoms with van der Waals surface area (Å²) in [5.74, 6) is 0.795. The zero-order valence-corrected chi connectivity index (χ0v) is 16.3. The molecule has 2 aromatic rings. The van der Waals surface area contributed by atoms with Crippen LogP contribution in [0, 0.1) is 0 Å². The molecule has 150 valence electrons. The molecule has 2 amide bonds. The van der Waals surface area contributed by atoms with Crippen molar-refractivity contribution in [1.82, 2.24) is 20.3 Å². The highest BCUT2D eigenvalue weighted by atomic mass is 32.2. The summed E-state index contributed by atoms with van der Waals surface area (Å²) in [7, 11) is -3.57. The molecule has 0 saturated heterocycles. The van der Waals surface area contributed by atoms with Gasteiger partial charge in [-0.1, -0.05) is 0 Å². The van der Waals surface area contributed by atoms with Crippen LogP contribution in [0.25, 0.3) is 11.4 Å². The lowest BCUT2D eigenvalue weighted by Crippen LogP contribution is -2.30. The molecule has 0 bridgehead atoms. The van der Waals surface area contributed by atoms with Gasteiger partial charge in [0, 0.05) is 36.2 Å². The molecule has 1 aliphatic rings. The van der Waals surface area contributed by atoms with Crippen molar-refractivity contribution in [2.75, 3.05) is 23.5 Å². The molecule has 1 aliphatic carbocycles.